The summed E-state index contributed by atoms with van der Waals surface area (Å²) in [5.74, 6) is 0.685. The van der Waals surface area contributed by atoms with Crippen LogP contribution < -0.4 is 5.32 Å². The van der Waals surface area contributed by atoms with Crippen LogP contribution in [0.3, 0.4) is 0 Å². The second-order valence-electron chi connectivity index (χ2n) is 6.07. The van der Waals surface area contributed by atoms with Crippen LogP contribution in [0.4, 0.5) is 0 Å². The van der Waals surface area contributed by atoms with Crippen LogP contribution in [0.5, 0.6) is 0 Å². The summed E-state index contributed by atoms with van der Waals surface area (Å²) in [6.45, 7) is 12.4. The van der Waals surface area contributed by atoms with Gasteiger partial charge < -0.3 is 9.64 Å². The highest BCUT2D eigenvalue weighted by molar-refractivity contribution is 4.84. The minimum absolute atomic E-state index is 0.294. The van der Waals surface area contributed by atoms with Crippen LogP contribution in [0.15, 0.2) is 0 Å². The monoisotopic (exact) mass is 226 g/mol. The Bertz CT molecular complexity index is 220. The van der Waals surface area contributed by atoms with Gasteiger partial charge in [-0.25, -0.2) is 0 Å². The van der Waals surface area contributed by atoms with Gasteiger partial charge in [0, 0.05) is 24.4 Å². The molecule has 0 aromatic carbocycles. The van der Waals surface area contributed by atoms with Gasteiger partial charge in [0.25, 0.3) is 0 Å². The molecule has 2 aliphatic heterocycles. The summed E-state index contributed by atoms with van der Waals surface area (Å²) in [5.41, 5.74) is 0.301. The summed E-state index contributed by atoms with van der Waals surface area (Å²) >= 11 is 0. The van der Waals surface area contributed by atoms with Gasteiger partial charge in [0.05, 0.1) is 6.61 Å². The molecule has 1 N–H and O–H groups in total. The number of piperidine rings is 1. The Labute approximate surface area is 99.5 Å². The highest BCUT2D eigenvalue weighted by atomic mass is 16.5. The van der Waals surface area contributed by atoms with Crippen molar-refractivity contribution < 1.29 is 4.74 Å². The van der Waals surface area contributed by atoms with Crippen molar-refractivity contribution in [3.63, 3.8) is 0 Å². The Morgan fingerprint density at radius 2 is 2.25 bits per heavy atom. The van der Waals surface area contributed by atoms with Crippen LogP contribution in [0, 0.1) is 11.3 Å². The van der Waals surface area contributed by atoms with E-state index in [-0.39, 0.29) is 0 Å². The lowest BCUT2D eigenvalue weighted by molar-refractivity contribution is -0.0965. The molecule has 0 saturated carbocycles. The minimum atomic E-state index is 0.294. The fourth-order valence-corrected chi connectivity index (χ4v) is 2.73. The van der Waals surface area contributed by atoms with Crippen LogP contribution in [0.25, 0.3) is 0 Å². The van der Waals surface area contributed by atoms with Crippen molar-refractivity contribution in [3.8, 4) is 0 Å². The average Bonchev–Trinajstić information content (AvgIpc) is 2.29. The number of nitrogens with one attached hydrogen (secondary N) is 1. The molecule has 0 amide bonds. The summed E-state index contributed by atoms with van der Waals surface area (Å²) in [6, 6.07) is 0. The second kappa shape index (κ2) is 5.03. The summed E-state index contributed by atoms with van der Waals surface area (Å²) in [4.78, 5) is 2.54. The van der Waals surface area contributed by atoms with E-state index in [1.165, 1.54) is 32.5 Å². The van der Waals surface area contributed by atoms with Gasteiger partial charge in [0.15, 0.2) is 0 Å². The first kappa shape index (κ1) is 12.3. The molecule has 2 saturated heterocycles. The average molecular weight is 226 g/mol. The molecular weight excluding hydrogens is 200 g/mol. The minimum Gasteiger partial charge on any atom is -0.362 e. The Morgan fingerprint density at radius 3 is 2.88 bits per heavy atom. The topological polar surface area (TPSA) is 24.5 Å². The molecule has 2 atom stereocenters. The third-order valence-corrected chi connectivity index (χ3v) is 3.85. The predicted octanol–water partition coefficient (Wildman–Crippen LogP) is 1.69. The zero-order valence-corrected chi connectivity index (χ0v) is 11.0. The van der Waals surface area contributed by atoms with Crippen molar-refractivity contribution in [1.29, 1.82) is 0 Å². The molecule has 0 spiro atoms. The van der Waals surface area contributed by atoms with E-state index in [0.29, 0.717) is 17.6 Å². The lowest BCUT2D eigenvalue weighted by Gasteiger charge is -2.42. The third kappa shape index (κ3) is 2.96. The van der Waals surface area contributed by atoms with Gasteiger partial charge in [-0.2, -0.15) is 0 Å². The molecule has 2 fully saturated rings. The van der Waals surface area contributed by atoms with Gasteiger partial charge in [0.2, 0.25) is 0 Å². The van der Waals surface area contributed by atoms with E-state index >= 15 is 0 Å². The van der Waals surface area contributed by atoms with Gasteiger partial charge in [-0.05, 0) is 25.9 Å². The van der Waals surface area contributed by atoms with Crippen molar-refractivity contribution >= 4 is 0 Å². The molecule has 0 aromatic heterocycles. The van der Waals surface area contributed by atoms with Gasteiger partial charge in [-0.1, -0.05) is 20.8 Å². The number of likely N-dealkylation sites (tertiary alicyclic amines) is 1. The fourth-order valence-electron chi connectivity index (χ4n) is 2.73. The first-order valence-corrected chi connectivity index (χ1v) is 6.68. The number of nitrogens with zero attached hydrogens (tertiary/aromatic N) is 1. The van der Waals surface area contributed by atoms with E-state index in [9.17, 15) is 0 Å². The third-order valence-electron chi connectivity index (χ3n) is 3.85. The molecule has 2 rings (SSSR count). The van der Waals surface area contributed by atoms with E-state index < -0.39 is 0 Å². The number of hydrogen-bond donors (Lipinski definition) is 1. The largest absolute Gasteiger partial charge is 0.362 e. The van der Waals surface area contributed by atoms with Crippen LogP contribution in [0.2, 0.25) is 0 Å². The van der Waals surface area contributed by atoms with Crippen LogP contribution in [0.1, 0.15) is 33.6 Å². The first-order valence-electron chi connectivity index (χ1n) is 6.68. The summed E-state index contributed by atoms with van der Waals surface area (Å²) in [5, 5.41) is 3.57. The molecule has 2 unspecified atom stereocenters. The number of hydrogen-bond acceptors (Lipinski definition) is 3. The SMILES string of the molecule is CCN1CCCC(C2NCC(C)(C)CO2)C1. The quantitative estimate of drug-likeness (QED) is 0.775. The van der Waals surface area contributed by atoms with Gasteiger partial charge >= 0.3 is 0 Å². The molecule has 0 aromatic rings. The van der Waals surface area contributed by atoms with E-state index in [4.69, 9.17) is 4.74 Å². The summed E-state index contributed by atoms with van der Waals surface area (Å²) in [7, 11) is 0. The molecule has 3 heteroatoms. The molecule has 2 aliphatic rings. The van der Waals surface area contributed by atoms with Crippen LogP contribution in [-0.2, 0) is 4.74 Å². The van der Waals surface area contributed by atoms with E-state index in [1.54, 1.807) is 0 Å². The standard InChI is InChI=1S/C13H26N2O/c1-4-15-7-5-6-11(8-15)12-14-9-13(2,3)10-16-12/h11-12,14H,4-10H2,1-3H3. The lowest BCUT2D eigenvalue weighted by Crippen LogP contribution is -2.54. The molecule has 2 heterocycles. The Kier molecular flexibility index (Phi) is 3.88. The molecule has 0 bridgehead atoms. The van der Waals surface area contributed by atoms with Gasteiger partial charge in [0.1, 0.15) is 6.23 Å². The van der Waals surface area contributed by atoms with Crippen molar-refractivity contribution in [2.24, 2.45) is 11.3 Å². The first-order chi connectivity index (χ1) is 7.61. The summed E-state index contributed by atoms with van der Waals surface area (Å²) in [6.07, 6.45) is 2.93. The van der Waals surface area contributed by atoms with Gasteiger partial charge in [-0.15, -0.1) is 0 Å². The van der Waals surface area contributed by atoms with Crippen molar-refractivity contribution in [2.45, 2.75) is 39.8 Å². The predicted molar refractivity (Wildman–Crippen MR) is 66.4 cm³/mol. The van der Waals surface area contributed by atoms with Crippen molar-refractivity contribution in [3.05, 3.63) is 0 Å². The van der Waals surface area contributed by atoms with Crippen LogP contribution >= 0.6 is 0 Å². The van der Waals surface area contributed by atoms with E-state index in [1.807, 2.05) is 0 Å². The lowest BCUT2D eigenvalue weighted by atomic mass is 9.90. The van der Waals surface area contributed by atoms with Gasteiger partial charge in [-0.3, -0.25) is 5.32 Å². The molecule has 0 radical (unpaired) electrons. The molecule has 94 valence electrons. The Balaban J connectivity index is 1.84. The molecular formula is C13H26N2O. The Hall–Kier alpha value is -0.120. The maximum absolute atomic E-state index is 5.99. The second-order valence-corrected chi connectivity index (χ2v) is 6.07. The normalized spacial score (nSPS) is 36.2. The zero-order chi connectivity index (χ0) is 11.6. The fraction of sp³-hybridized carbons (Fsp3) is 1.00. The summed E-state index contributed by atoms with van der Waals surface area (Å²) < 4.78 is 5.99. The van der Waals surface area contributed by atoms with Crippen molar-refractivity contribution in [2.75, 3.05) is 32.8 Å². The molecule has 16 heavy (non-hydrogen) atoms. The highest BCUT2D eigenvalue weighted by Crippen LogP contribution is 2.26. The smallest absolute Gasteiger partial charge is 0.112 e. The maximum atomic E-state index is 5.99. The molecule has 3 nitrogen and oxygen atoms in total. The zero-order valence-electron chi connectivity index (χ0n) is 11.0. The van der Waals surface area contributed by atoms with Crippen molar-refractivity contribution in [1.82, 2.24) is 10.2 Å². The van der Waals surface area contributed by atoms with Crippen LogP contribution in [-0.4, -0.2) is 43.9 Å². The van der Waals surface area contributed by atoms with E-state index in [0.717, 1.165) is 13.2 Å². The number of ether oxygens (including phenoxy) is 1. The molecule has 0 aliphatic carbocycles. The van der Waals surface area contributed by atoms with E-state index in [2.05, 4.69) is 31.0 Å². The maximum Gasteiger partial charge on any atom is 0.112 e. The number of rotatable bonds is 2. The Morgan fingerprint density at radius 1 is 1.44 bits per heavy atom. The highest BCUT2D eigenvalue weighted by Gasteiger charge is 2.33.